The zero-order valence-electron chi connectivity index (χ0n) is 15.2. The Morgan fingerprint density at radius 3 is 2.64 bits per heavy atom. The Balaban J connectivity index is 1.76. The van der Waals surface area contributed by atoms with Gasteiger partial charge in [0.25, 0.3) is 0 Å². The van der Waals surface area contributed by atoms with E-state index in [1.54, 1.807) is 0 Å². The van der Waals surface area contributed by atoms with Gasteiger partial charge in [-0.25, -0.2) is 4.68 Å². The average molecular weight is 364 g/mol. The molecule has 25 heavy (non-hydrogen) atoms. The summed E-state index contributed by atoms with van der Waals surface area (Å²) in [7, 11) is 0. The van der Waals surface area contributed by atoms with Crippen molar-refractivity contribution in [1.82, 2.24) is 25.1 Å². The first kappa shape index (κ1) is 18.3. The monoisotopic (exact) mass is 363 g/mol. The lowest BCUT2D eigenvalue weighted by molar-refractivity contribution is 0.0659. The van der Waals surface area contributed by atoms with Crippen LogP contribution in [-0.4, -0.2) is 44.4 Å². The normalized spacial score (nSPS) is 18.2. The average Bonchev–Trinajstić information content (AvgIpc) is 3.20. The molecule has 0 bridgehead atoms. The zero-order valence-corrected chi connectivity index (χ0v) is 15.9. The van der Waals surface area contributed by atoms with Crippen LogP contribution in [0.4, 0.5) is 0 Å². The van der Waals surface area contributed by atoms with E-state index in [4.69, 9.17) is 16.3 Å². The Labute approximate surface area is 154 Å². The van der Waals surface area contributed by atoms with Gasteiger partial charge in [0.2, 0.25) is 0 Å². The Hall–Kier alpha value is -1.50. The predicted octanol–water partition coefficient (Wildman–Crippen LogP) is 3.26. The minimum absolute atomic E-state index is 0.144. The van der Waals surface area contributed by atoms with Crippen molar-refractivity contribution in [3.05, 3.63) is 40.7 Å². The van der Waals surface area contributed by atoms with Crippen LogP contribution < -0.4 is 0 Å². The fourth-order valence-electron chi connectivity index (χ4n) is 3.13. The molecule has 6 nitrogen and oxygen atoms in total. The van der Waals surface area contributed by atoms with Crippen LogP contribution in [0.25, 0.3) is 0 Å². The largest absolute Gasteiger partial charge is 0.377 e. The number of hydrogen-bond acceptors (Lipinski definition) is 5. The maximum Gasteiger partial charge on any atom is 0.165 e. The summed E-state index contributed by atoms with van der Waals surface area (Å²) in [5, 5.41) is 13.1. The highest BCUT2D eigenvalue weighted by molar-refractivity contribution is 6.30. The third kappa shape index (κ3) is 5.00. The minimum atomic E-state index is -0.144. The molecule has 1 fully saturated rings. The molecule has 3 rings (SSSR count). The van der Waals surface area contributed by atoms with Crippen LogP contribution in [0.15, 0.2) is 24.3 Å². The first-order valence-corrected chi connectivity index (χ1v) is 9.16. The van der Waals surface area contributed by atoms with Crippen molar-refractivity contribution in [2.24, 2.45) is 0 Å². The van der Waals surface area contributed by atoms with Gasteiger partial charge in [0.05, 0.1) is 18.2 Å². The first-order valence-electron chi connectivity index (χ1n) is 8.78. The van der Waals surface area contributed by atoms with Crippen LogP contribution in [0.5, 0.6) is 0 Å². The van der Waals surface area contributed by atoms with E-state index in [0.717, 1.165) is 43.4 Å². The SMILES string of the molecule is CC(C)(C)n1nnnc1CN(Cc1ccc(Cl)cc1)CC1CCCO1. The molecule has 0 saturated carbocycles. The fourth-order valence-corrected chi connectivity index (χ4v) is 3.26. The molecule has 1 saturated heterocycles. The molecule has 1 atom stereocenters. The van der Waals surface area contributed by atoms with Gasteiger partial charge < -0.3 is 4.74 Å². The smallest absolute Gasteiger partial charge is 0.165 e. The second-order valence-corrected chi connectivity index (χ2v) is 8.05. The minimum Gasteiger partial charge on any atom is -0.377 e. The number of tetrazole rings is 1. The van der Waals surface area contributed by atoms with Gasteiger partial charge in [0.1, 0.15) is 0 Å². The molecular formula is C18H26ClN5O. The van der Waals surface area contributed by atoms with E-state index in [0.29, 0.717) is 6.54 Å². The molecule has 136 valence electrons. The lowest BCUT2D eigenvalue weighted by atomic mass is 10.1. The summed E-state index contributed by atoms with van der Waals surface area (Å²) in [6.45, 7) is 9.56. The standard InChI is InChI=1S/C18H26ClN5O/c1-18(2,3)24-17(20-21-22-24)13-23(12-16-5-4-10-25-16)11-14-6-8-15(19)9-7-14/h6-9,16H,4-5,10-13H2,1-3H3. The zero-order chi connectivity index (χ0) is 17.9. The van der Waals surface area contributed by atoms with Crippen molar-refractivity contribution in [2.45, 2.75) is 58.3 Å². The van der Waals surface area contributed by atoms with Crippen LogP contribution in [0.3, 0.4) is 0 Å². The third-order valence-electron chi connectivity index (χ3n) is 4.34. The van der Waals surface area contributed by atoms with Crippen molar-refractivity contribution < 1.29 is 4.74 Å². The van der Waals surface area contributed by atoms with Gasteiger partial charge in [0, 0.05) is 24.7 Å². The molecule has 0 N–H and O–H groups in total. The lowest BCUT2D eigenvalue weighted by Gasteiger charge is -2.27. The van der Waals surface area contributed by atoms with Gasteiger partial charge in [-0.05, 0) is 61.7 Å². The Kier molecular flexibility index (Phi) is 5.71. The second kappa shape index (κ2) is 7.81. The number of hydrogen-bond donors (Lipinski definition) is 0. The fraction of sp³-hybridized carbons (Fsp3) is 0.611. The molecule has 0 aliphatic carbocycles. The molecule has 1 aliphatic heterocycles. The molecule has 2 aromatic rings. The van der Waals surface area contributed by atoms with Crippen LogP contribution in [-0.2, 0) is 23.4 Å². The summed E-state index contributed by atoms with van der Waals surface area (Å²) < 4.78 is 7.74. The van der Waals surface area contributed by atoms with E-state index in [-0.39, 0.29) is 11.6 Å². The summed E-state index contributed by atoms with van der Waals surface area (Å²) in [6.07, 6.45) is 2.53. The van der Waals surface area contributed by atoms with E-state index >= 15 is 0 Å². The molecular weight excluding hydrogens is 338 g/mol. The molecule has 2 heterocycles. The van der Waals surface area contributed by atoms with Crippen LogP contribution in [0.2, 0.25) is 5.02 Å². The third-order valence-corrected chi connectivity index (χ3v) is 4.59. The van der Waals surface area contributed by atoms with Crippen molar-refractivity contribution in [2.75, 3.05) is 13.2 Å². The molecule has 1 aliphatic rings. The number of aromatic nitrogens is 4. The summed E-state index contributed by atoms with van der Waals surface area (Å²) in [4.78, 5) is 2.35. The summed E-state index contributed by atoms with van der Waals surface area (Å²) in [5.41, 5.74) is 1.08. The van der Waals surface area contributed by atoms with E-state index in [2.05, 4.69) is 53.3 Å². The first-order chi connectivity index (χ1) is 11.9. The summed E-state index contributed by atoms with van der Waals surface area (Å²) in [6, 6.07) is 8.00. The maximum atomic E-state index is 6.01. The summed E-state index contributed by atoms with van der Waals surface area (Å²) in [5.74, 6) is 0.875. The second-order valence-electron chi connectivity index (χ2n) is 7.61. The van der Waals surface area contributed by atoms with Gasteiger partial charge in [-0.15, -0.1) is 5.10 Å². The number of ether oxygens (including phenoxy) is 1. The number of nitrogens with zero attached hydrogens (tertiary/aromatic N) is 5. The van der Waals surface area contributed by atoms with Gasteiger partial charge in [-0.3, -0.25) is 4.90 Å². The molecule has 1 aromatic heterocycles. The Morgan fingerprint density at radius 2 is 2.00 bits per heavy atom. The number of halogens is 1. The molecule has 0 radical (unpaired) electrons. The van der Waals surface area contributed by atoms with Gasteiger partial charge in [-0.2, -0.15) is 0 Å². The van der Waals surface area contributed by atoms with E-state index in [1.807, 2.05) is 16.8 Å². The van der Waals surface area contributed by atoms with Crippen LogP contribution in [0, 0.1) is 0 Å². The van der Waals surface area contributed by atoms with Gasteiger partial charge >= 0.3 is 0 Å². The van der Waals surface area contributed by atoms with Crippen molar-refractivity contribution >= 4 is 11.6 Å². The number of rotatable bonds is 6. The molecule has 7 heteroatoms. The molecule has 1 unspecified atom stereocenters. The van der Waals surface area contributed by atoms with Gasteiger partial charge in [-0.1, -0.05) is 23.7 Å². The van der Waals surface area contributed by atoms with Crippen molar-refractivity contribution in [3.63, 3.8) is 0 Å². The summed E-state index contributed by atoms with van der Waals surface area (Å²) >= 11 is 6.01. The predicted molar refractivity (Wildman–Crippen MR) is 97.4 cm³/mol. The van der Waals surface area contributed by atoms with Gasteiger partial charge in [0.15, 0.2) is 5.82 Å². The van der Waals surface area contributed by atoms with Crippen LogP contribution >= 0.6 is 11.6 Å². The highest BCUT2D eigenvalue weighted by Gasteiger charge is 2.24. The van der Waals surface area contributed by atoms with E-state index in [1.165, 1.54) is 5.56 Å². The quantitative estimate of drug-likeness (QED) is 0.788. The topological polar surface area (TPSA) is 56.1 Å². The Morgan fingerprint density at radius 1 is 1.24 bits per heavy atom. The highest BCUT2D eigenvalue weighted by Crippen LogP contribution is 2.19. The van der Waals surface area contributed by atoms with E-state index in [9.17, 15) is 0 Å². The van der Waals surface area contributed by atoms with Crippen LogP contribution in [0.1, 0.15) is 45.0 Å². The van der Waals surface area contributed by atoms with Crippen molar-refractivity contribution in [3.8, 4) is 0 Å². The molecule has 1 aromatic carbocycles. The molecule has 0 spiro atoms. The molecule has 0 amide bonds. The number of benzene rings is 1. The maximum absolute atomic E-state index is 6.01. The Bertz CT molecular complexity index is 674. The highest BCUT2D eigenvalue weighted by atomic mass is 35.5. The van der Waals surface area contributed by atoms with E-state index < -0.39 is 0 Å². The van der Waals surface area contributed by atoms with Crippen molar-refractivity contribution in [1.29, 1.82) is 0 Å². The lowest BCUT2D eigenvalue weighted by Crippen LogP contribution is -2.34.